The first-order valence-electron chi connectivity index (χ1n) is 6.27. The summed E-state index contributed by atoms with van der Waals surface area (Å²) in [6, 6.07) is 9.70. The first-order chi connectivity index (χ1) is 9.65. The Labute approximate surface area is 115 Å². The molecule has 20 heavy (non-hydrogen) atoms. The van der Waals surface area contributed by atoms with Gasteiger partial charge in [0.1, 0.15) is 5.65 Å². The molecule has 0 atom stereocenters. The second-order valence-corrected chi connectivity index (χ2v) is 4.61. The lowest BCUT2D eigenvalue weighted by Gasteiger charge is -2.04. The lowest BCUT2D eigenvalue weighted by Crippen LogP contribution is -2.00. The van der Waals surface area contributed by atoms with Crippen LogP contribution in [-0.4, -0.2) is 26.0 Å². The molecule has 3 rings (SSSR count). The van der Waals surface area contributed by atoms with Gasteiger partial charge in [0.05, 0.1) is 12.1 Å². The van der Waals surface area contributed by atoms with Crippen LogP contribution in [0.15, 0.2) is 36.5 Å². The highest BCUT2D eigenvalue weighted by atomic mass is 16.4. The molecule has 0 saturated carbocycles. The number of aromatic amines is 1. The smallest absolute Gasteiger partial charge is 0.307 e. The zero-order valence-corrected chi connectivity index (χ0v) is 10.9. The number of carbonyl (C=O) groups is 1. The summed E-state index contributed by atoms with van der Waals surface area (Å²) in [5, 5.41) is 9.71. The van der Waals surface area contributed by atoms with E-state index in [1.165, 1.54) is 0 Å². The normalized spacial score (nSPS) is 10.8. The van der Waals surface area contributed by atoms with E-state index in [1.807, 2.05) is 37.3 Å². The molecule has 5 nitrogen and oxygen atoms in total. The molecule has 0 aliphatic rings. The van der Waals surface area contributed by atoms with Crippen LogP contribution in [0.5, 0.6) is 0 Å². The molecular weight excluding hydrogens is 254 g/mol. The van der Waals surface area contributed by atoms with Gasteiger partial charge in [-0.15, -0.1) is 0 Å². The highest BCUT2D eigenvalue weighted by Crippen LogP contribution is 2.23. The summed E-state index contributed by atoms with van der Waals surface area (Å²) in [4.78, 5) is 22.8. The molecule has 1 aromatic carbocycles. The van der Waals surface area contributed by atoms with Crippen LogP contribution in [0.25, 0.3) is 22.4 Å². The summed E-state index contributed by atoms with van der Waals surface area (Å²) in [6.45, 7) is 1.87. The van der Waals surface area contributed by atoms with Crippen molar-refractivity contribution in [3.8, 4) is 11.4 Å². The molecule has 0 unspecified atom stereocenters. The molecule has 0 amide bonds. The molecule has 0 fully saturated rings. The Hall–Kier alpha value is -2.69. The maximum Gasteiger partial charge on any atom is 0.307 e. The summed E-state index contributed by atoms with van der Waals surface area (Å²) in [6.07, 6.45) is 1.66. The molecule has 0 radical (unpaired) electrons. The molecule has 0 spiro atoms. The fourth-order valence-electron chi connectivity index (χ4n) is 2.31. The van der Waals surface area contributed by atoms with Gasteiger partial charge in [0, 0.05) is 17.1 Å². The third-order valence-corrected chi connectivity index (χ3v) is 3.17. The van der Waals surface area contributed by atoms with E-state index in [2.05, 4.69) is 15.0 Å². The number of carboxylic acids is 1. The highest BCUT2D eigenvalue weighted by molar-refractivity contribution is 5.87. The number of benzene rings is 1. The first-order valence-corrected chi connectivity index (χ1v) is 6.27. The van der Waals surface area contributed by atoms with Gasteiger partial charge >= 0.3 is 5.97 Å². The Balaban J connectivity index is 2.15. The van der Waals surface area contributed by atoms with Crippen molar-refractivity contribution in [1.82, 2.24) is 15.0 Å². The van der Waals surface area contributed by atoms with Gasteiger partial charge in [-0.3, -0.25) is 4.79 Å². The maximum atomic E-state index is 10.9. The number of fused-ring (bicyclic) bond motifs is 1. The molecule has 2 aromatic heterocycles. The van der Waals surface area contributed by atoms with Crippen molar-refractivity contribution >= 4 is 17.0 Å². The molecule has 0 aliphatic heterocycles. The third-order valence-electron chi connectivity index (χ3n) is 3.17. The van der Waals surface area contributed by atoms with Crippen LogP contribution in [0.3, 0.4) is 0 Å². The van der Waals surface area contributed by atoms with E-state index in [-0.39, 0.29) is 6.42 Å². The molecule has 2 heterocycles. The molecule has 3 aromatic rings. The SMILES string of the molecule is Cc1nc(-c2ccccc2)nc2[nH]cc(CC(=O)O)c12. The van der Waals surface area contributed by atoms with Crippen molar-refractivity contribution in [2.45, 2.75) is 13.3 Å². The largest absolute Gasteiger partial charge is 0.481 e. The second-order valence-electron chi connectivity index (χ2n) is 4.61. The summed E-state index contributed by atoms with van der Waals surface area (Å²) in [5.41, 5.74) is 3.11. The summed E-state index contributed by atoms with van der Waals surface area (Å²) in [5.74, 6) is -0.225. The standard InChI is InChI=1S/C15H13N3O2/c1-9-13-11(7-12(19)20)8-16-15(13)18-14(17-9)10-5-3-2-4-6-10/h2-6,8H,7H2,1H3,(H,19,20)(H,16,17,18). The molecule has 5 heteroatoms. The van der Waals surface area contributed by atoms with Crippen LogP contribution in [-0.2, 0) is 11.2 Å². The maximum absolute atomic E-state index is 10.9. The van der Waals surface area contributed by atoms with Crippen molar-refractivity contribution in [2.24, 2.45) is 0 Å². The molecule has 100 valence electrons. The lowest BCUT2D eigenvalue weighted by atomic mass is 10.1. The minimum atomic E-state index is -0.863. The Bertz CT molecular complexity index is 778. The van der Waals surface area contributed by atoms with Crippen molar-refractivity contribution in [3.05, 3.63) is 47.8 Å². The number of nitrogens with one attached hydrogen (secondary N) is 1. The van der Waals surface area contributed by atoms with E-state index in [0.717, 1.165) is 16.6 Å². The molecule has 0 bridgehead atoms. The predicted octanol–water partition coefficient (Wildman–Crippen LogP) is 2.56. The van der Waals surface area contributed by atoms with E-state index in [9.17, 15) is 4.79 Å². The minimum Gasteiger partial charge on any atom is -0.481 e. The number of carboxylic acid groups (broad SMARTS) is 1. The number of aromatic nitrogens is 3. The molecule has 0 saturated heterocycles. The van der Waals surface area contributed by atoms with E-state index < -0.39 is 5.97 Å². The highest BCUT2D eigenvalue weighted by Gasteiger charge is 2.13. The number of aliphatic carboxylic acids is 1. The van der Waals surface area contributed by atoms with Crippen molar-refractivity contribution in [2.75, 3.05) is 0 Å². The van der Waals surface area contributed by atoms with Gasteiger partial charge in [-0.05, 0) is 12.5 Å². The topological polar surface area (TPSA) is 78.9 Å². The van der Waals surface area contributed by atoms with Gasteiger partial charge < -0.3 is 10.1 Å². The monoisotopic (exact) mass is 267 g/mol. The summed E-state index contributed by atoms with van der Waals surface area (Å²) >= 11 is 0. The Morgan fingerprint density at radius 2 is 2.00 bits per heavy atom. The number of aryl methyl sites for hydroxylation is 1. The second kappa shape index (κ2) is 4.77. The van der Waals surface area contributed by atoms with Gasteiger partial charge in [-0.1, -0.05) is 30.3 Å². The van der Waals surface area contributed by atoms with Gasteiger partial charge in [-0.25, -0.2) is 9.97 Å². The first kappa shape index (κ1) is 12.3. The van der Waals surface area contributed by atoms with Gasteiger partial charge in [0.2, 0.25) is 0 Å². The van der Waals surface area contributed by atoms with Gasteiger partial charge in [-0.2, -0.15) is 0 Å². The van der Waals surface area contributed by atoms with Crippen LogP contribution >= 0.6 is 0 Å². The molecule has 0 aliphatic carbocycles. The van der Waals surface area contributed by atoms with Crippen molar-refractivity contribution in [1.29, 1.82) is 0 Å². The Morgan fingerprint density at radius 3 is 2.70 bits per heavy atom. The predicted molar refractivity (Wildman–Crippen MR) is 75.4 cm³/mol. The number of H-pyrrole nitrogens is 1. The van der Waals surface area contributed by atoms with Crippen LogP contribution in [0.1, 0.15) is 11.3 Å². The zero-order chi connectivity index (χ0) is 14.1. The van der Waals surface area contributed by atoms with E-state index >= 15 is 0 Å². The molecule has 2 N–H and O–H groups in total. The van der Waals surface area contributed by atoms with Gasteiger partial charge in [0.25, 0.3) is 0 Å². The van der Waals surface area contributed by atoms with E-state index in [4.69, 9.17) is 5.11 Å². The number of nitrogens with zero attached hydrogens (tertiary/aromatic N) is 2. The van der Waals surface area contributed by atoms with Crippen LogP contribution in [0, 0.1) is 6.92 Å². The van der Waals surface area contributed by atoms with Crippen LogP contribution in [0.4, 0.5) is 0 Å². The van der Waals surface area contributed by atoms with Crippen molar-refractivity contribution in [3.63, 3.8) is 0 Å². The number of hydrogen-bond acceptors (Lipinski definition) is 3. The van der Waals surface area contributed by atoms with Crippen molar-refractivity contribution < 1.29 is 9.90 Å². The Kier molecular flexibility index (Phi) is 2.95. The summed E-state index contributed by atoms with van der Waals surface area (Å²) in [7, 11) is 0. The average Bonchev–Trinajstić information content (AvgIpc) is 2.82. The van der Waals surface area contributed by atoms with Crippen LogP contribution in [0.2, 0.25) is 0 Å². The third kappa shape index (κ3) is 2.14. The van der Waals surface area contributed by atoms with Gasteiger partial charge in [0.15, 0.2) is 5.82 Å². The number of hydrogen-bond donors (Lipinski definition) is 2. The lowest BCUT2D eigenvalue weighted by molar-refractivity contribution is -0.136. The zero-order valence-electron chi connectivity index (χ0n) is 10.9. The summed E-state index contributed by atoms with van der Waals surface area (Å²) < 4.78 is 0. The fourth-order valence-corrected chi connectivity index (χ4v) is 2.31. The van der Waals surface area contributed by atoms with E-state index in [1.54, 1.807) is 6.20 Å². The minimum absolute atomic E-state index is 0.0329. The fraction of sp³-hybridized carbons (Fsp3) is 0.133. The van der Waals surface area contributed by atoms with E-state index in [0.29, 0.717) is 17.0 Å². The quantitative estimate of drug-likeness (QED) is 0.764. The average molecular weight is 267 g/mol. The molecular formula is C15H13N3O2. The van der Waals surface area contributed by atoms with Crippen LogP contribution < -0.4 is 0 Å². The Morgan fingerprint density at radius 1 is 1.25 bits per heavy atom. The number of rotatable bonds is 3.